The average Bonchev–Trinajstić information content (AvgIpc) is 2.77. The predicted molar refractivity (Wildman–Crippen MR) is 95.5 cm³/mol. The Morgan fingerprint density at radius 1 is 1.16 bits per heavy atom. The van der Waals surface area contributed by atoms with Gasteiger partial charge in [-0.15, -0.1) is 0 Å². The van der Waals surface area contributed by atoms with Crippen LogP contribution in [0.1, 0.15) is 44.6 Å². The molecule has 1 aromatic rings. The molecule has 1 aromatic carbocycles. The van der Waals surface area contributed by atoms with Gasteiger partial charge < -0.3 is 14.5 Å². The fraction of sp³-hybridized carbons (Fsp3) is 0.650. The van der Waals surface area contributed by atoms with Crippen LogP contribution in [-0.2, 0) is 15.1 Å². The number of rotatable bonds is 2. The van der Waals surface area contributed by atoms with Crippen molar-refractivity contribution in [2.24, 2.45) is 0 Å². The highest BCUT2D eigenvalue weighted by Gasteiger charge is 2.49. The summed E-state index contributed by atoms with van der Waals surface area (Å²) in [6.07, 6.45) is 3.08. The minimum Gasteiger partial charge on any atom is -0.369 e. The molecule has 0 atom stereocenters. The number of piperidine rings is 1. The lowest BCUT2D eigenvalue weighted by Gasteiger charge is -2.44. The molecule has 0 radical (unpaired) electrons. The zero-order valence-corrected chi connectivity index (χ0v) is 15.0. The van der Waals surface area contributed by atoms with Crippen molar-refractivity contribution in [3.05, 3.63) is 29.8 Å². The van der Waals surface area contributed by atoms with Crippen LogP contribution in [0.15, 0.2) is 24.3 Å². The van der Waals surface area contributed by atoms with E-state index in [4.69, 9.17) is 4.74 Å². The van der Waals surface area contributed by atoms with Crippen molar-refractivity contribution in [2.75, 3.05) is 37.7 Å². The van der Waals surface area contributed by atoms with Crippen LogP contribution in [0.25, 0.3) is 0 Å². The summed E-state index contributed by atoms with van der Waals surface area (Å²) in [6.45, 7) is 5.83. The number of fused-ring (bicyclic) bond motifs is 2. The van der Waals surface area contributed by atoms with Gasteiger partial charge in [0, 0.05) is 37.4 Å². The predicted octanol–water partition coefficient (Wildman–Crippen LogP) is 3.25. The summed E-state index contributed by atoms with van der Waals surface area (Å²) in [7, 11) is 0. The van der Waals surface area contributed by atoms with Gasteiger partial charge in [0.25, 0.3) is 5.91 Å². The lowest BCUT2D eigenvalue weighted by molar-refractivity contribution is -0.156. The Labute approximate surface area is 148 Å². The molecule has 0 unspecified atom stereocenters. The molecule has 2 heterocycles. The molecule has 25 heavy (non-hydrogen) atoms. The number of carbonyl (C=O) groups excluding carboxylic acids is 1. The van der Waals surface area contributed by atoms with Crippen LogP contribution in [-0.4, -0.2) is 49.3 Å². The minimum absolute atomic E-state index is 0.300. The summed E-state index contributed by atoms with van der Waals surface area (Å²) in [5, 5.41) is 0. The van der Waals surface area contributed by atoms with Gasteiger partial charge in [-0.05, 0) is 45.1 Å². The van der Waals surface area contributed by atoms with Crippen molar-refractivity contribution in [3.8, 4) is 0 Å². The monoisotopic (exact) mass is 346 g/mol. The molecule has 1 amide bonds. The molecule has 1 saturated carbocycles. The third-order valence-electron chi connectivity index (χ3n) is 6.24. The van der Waals surface area contributed by atoms with E-state index >= 15 is 0 Å². The van der Waals surface area contributed by atoms with E-state index in [1.54, 1.807) is 4.90 Å². The Bertz CT molecular complexity index is 651. The number of halogens is 1. The van der Waals surface area contributed by atoms with Crippen LogP contribution in [0.3, 0.4) is 0 Å². The van der Waals surface area contributed by atoms with Crippen molar-refractivity contribution < 1.29 is 13.9 Å². The molecule has 5 heteroatoms. The number of ether oxygens (including phenoxy) is 1. The van der Waals surface area contributed by atoms with E-state index in [-0.39, 0.29) is 11.5 Å². The summed E-state index contributed by atoms with van der Waals surface area (Å²) in [5.41, 5.74) is 0.523. The number of alkyl halides is 1. The largest absolute Gasteiger partial charge is 0.369 e. The number of likely N-dealkylation sites (tertiary alicyclic amines) is 1. The summed E-state index contributed by atoms with van der Waals surface area (Å²) in [5.74, 6) is -0.300. The van der Waals surface area contributed by atoms with Crippen LogP contribution in [0.2, 0.25) is 0 Å². The lowest BCUT2D eigenvalue weighted by atomic mass is 9.79. The normalized spacial score (nSPS) is 24.4. The summed E-state index contributed by atoms with van der Waals surface area (Å²) in [6, 6.07) is 8.45. The van der Waals surface area contributed by atoms with Crippen molar-refractivity contribution in [1.29, 1.82) is 0 Å². The van der Waals surface area contributed by atoms with E-state index in [2.05, 4.69) is 36.1 Å². The first-order valence-corrected chi connectivity index (χ1v) is 9.55. The zero-order valence-electron chi connectivity index (χ0n) is 15.0. The zero-order chi connectivity index (χ0) is 17.5. The van der Waals surface area contributed by atoms with Gasteiger partial charge in [-0.2, -0.15) is 0 Å². The molecule has 1 spiro atoms. The maximum absolute atomic E-state index is 14.5. The van der Waals surface area contributed by atoms with E-state index in [1.807, 2.05) is 0 Å². The SMILES string of the molecule is CCN1CCOC2(CCN(C(=O)C3(F)CCC3)CC2)c2ccccc21. The van der Waals surface area contributed by atoms with Crippen molar-refractivity contribution in [1.82, 2.24) is 4.90 Å². The number of nitrogens with zero attached hydrogens (tertiary/aromatic N) is 2. The second-order valence-corrected chi connectivity index (χ2v) is 7.55. The van der Waals surface area contributed by atoms with Gasteiger partial charge in [-0.1, -0.05) is 18.2 Å². The first-order chi connectivity index (χ1) is 12.1. The van der Waals surface area contributed by atoms with E-state index in [0.29, 0.717) is 32.5 Å². The molecule has 4 nitrogen and oxygen atoms in total. The van der Waals surface area contributed by atoms with Gasteiger partial charge in [0.1, 0.15) is 0 Å². The molecule has 136 valence electrons. The van der Waals surface area contributed by atoms with Gasteiger partial charge in [-0.3, -0.25) is 4.79 Å². The number of likely N-dealkylation sites (N-methyl/N-ethyl adjacent to an activating group) is 1. The molecule has 1 saturated heterocycles. The van der Waals surface area contributed by atoms with Crippen LogP contribution >= 0.6 is 0 Å². The summed E-state index contributed by atoms with van der Waals surface area (Å²) < 4.78 is 20.9. The Kier molecular flexibility index (Phi) is 4.22. The summed E-state index contributed by atoms with van der Waals surface area (Å²) >= 11 is 0. The Balaban J connectivity index is 1.56. The fourth-order valence-corrected chi connectivity index (χ4v) is 4.48. The van der Waals surface area contributed by atoms with Gasteiger partial charge in [0.05, 0.1) is 12.2 Å². The van der Waals surface area contributed by atoms with Crippen LogP contribution in [0.5, 0.6) is 0 Å². The summed E-state index contributed by atoms with van der Waals surface area (Å²) in [4.78, 5) is 16.6. The highest BCUT2D eigenvalue weighted by atomic mass is 19.1. The van der Waals surface area contributed by atoms with E-state index in [9.17, 15) is 9.18 Å². The number of benzene rings is 1. The van der Waals surface area contributed by atoms with Crippen molar-refractivity contribution in [2.45, 2.75) is 50.3 Å². The second-order valence-electron chi connectivity index (χ2n) is 7.55. The highest BCUT2D eigenvalue weighted by molar-refractivity contribution is 5.86. The number of anilines is 1. The molecule has 2 aliphatic heterocycles. The van der Waals surface area contributed by atoms with E-state index in [0.717, 1.165) is 32.4 Å². The standard InChI is InChI=1S/C20H27FN2O2/c1-2-22-14-15-25-20(16-6-3-4-7-17(16)22)10-12-23(13-11-20)18(24)19(21)8-5-9-19/h3-4,6-7H,2,5,8-15H2,1H3. The van der Waals surface area contributed by atoms with Crippen molar-refractivity contribution >= 4 is 11.6 Å². The first kappa shape index (κ1) is 16.8. The Morgan fingerprint density at radius 3 is 2.52 bits per heavy atom. The quantitative estimate of drug-likeness (QED) is 0.824. The second kappa shape index (κ2) is 6.27. The van der Waals surface area contributed by atoms with Gasteiger partial charge in [0.15, 0.2) is 5.67 Å². The Hall–Kier alpha value is -1.62. The lowest BCUT2D eigenvalue weighted by Crippen LogP contribution is -2.54. The number of amides is 1. The highest BCUT2D eigenvalue weighted by Crippen LogP contribution is 2.44. The van der Waals surface area contributed by atoms with Gasteiger partial charge in [0.2, 0.25) is 0 Å². The molecule has 2 fully saturated rings. The van der Waals surface area contributed by atoms with Crippen LogP contribution in [0.4, 0.5) is 10.1 Å². The maximum atomic E-state index is 14.5. The average molecular weight is 346 g/mol. The minimum atomic E-state index is -1.59. The molecule has 4 rings (SSSR count). The molecular formula is C20H27FN2O2. The van der Waals surface area contributed by atoms with E-state index < -0.39 is 5.67 Å². The van der Waals surface area contributed by atoms with Crippen LogP contribution < -0.4 is 4.90 Å². The molecule has 0 bridgehead atoms. The number of para-hydroxylation sites is 1. The molecule has 1 aliphatic carbocycles. The number of carbonyl (C=O) groups is 1. The van der Waals surface area contributed by atoms with Crippen molar-refractivity contribution in [3.63, 3.8) is 0 Å². The molecule has 0 aromatic heterocycles. The third-order valence-corrected chi connectivity index (χ3v) is 6.24. The molecule has 3 aliphatic rings. The maximum Gasteiger partial charge on any atom is 0.260 e. The molecule has 0 N–H and O–H groups in total. The fourth-order valence-electron chi connectivity index (χ4n) is 4.48. The van der Waals surface area contributed by atoms with Gasteiger partial charge in [-0.25, -0.2) is 4.39 Å². The third kappa shape index (κ3) is 2.73. The topological polar surface area (TPSA) is 32.8 Å². The Morgan fingerprint density at radius 2 is 1.88 bits per heavy atom. The van der Waals surface area contributed by atoms with E-state index in [1.165, 1.54) is 11.3 Å². The smallest absolute Gasteiger partial charge is 0.260 e. The number of hydrogen-bond donors (Lipinski definition) is 0. The first-order valence-electron chi connectivity index (χ1n) is 9.55. The van der Waals surface area contributed by atoms with Crippen LogP contribution in [0, 0.1) is 0 Å². The van der Waals surface area contributed by atoms with Gasteiger partial charge >= 0.3 is 0 Å². The number of hydrogen-bond acceptors (Lipinski definition) is 3. The molecular weight excluding hydrogens is 319 g/mol.